The van der Waals surface area contributed by atoms with Crippen LogP contribution in [0.4, 0.5) is 0 Å². The summed E-state index contributed by atoms with van der Waals surface area (Å²) in [6, 6.07) is 76.3. The first-order valence-electron chi connectivity index (χ1n) is 20.1. The van der Waals surface area contributed by atoms with Gasteiger partial charge in [-0.2, -0.15) is 0 Å². The maximum atomic E-state index is 2.49. The van der Waals surface area contributed by atoms with Gasteiger partial charge in [-0.15, -0.1) is 0 Å². The van der Waals surface area contributed by atoms with Gasteiger partial charge in [0.1, 0.15) is 0 Å². The van der Waals surface area contributed by atoms with Crippen LogP contribution >= 0.6 is 0 Å². The van der Waals surface area contributed by atoms with E-state index in [1.54, 1.807) is 0 Å². The summed E-state index contributed by atoms with van der Waals surface area (Å²) >= 11 is 0. The summed E-state index contributed by atoms with van der Waals surface area (Å²) in [5.74, 6) is 0. The van der Waals surface area contributed by atoms with Crippen molar-refractivity contribution < 1.29 is 0 Å². The predicted octanol–water partition coefficient (Wildman–Crippen LogP) is 15.2. The molecule has 0 spiro atoms. The molecule has 2 heterocycles. The minimum Gasteiger partial charge on any atom is -0.309 e. The molecule has 58 heavy (non-hydrogen) atoms. The zero-order valence-corrected chi connectivity index (χ0v) is 31.5. The van der Waals surface area contributed by atoms with E-state index >= 15 is 0 Å². The van der Waals surface area contributed by atoms with E-state index in [1.807, 2.05) is 0 Å². The van der Waals surface area contributed by atoms with Crippen molar-refractivity contribution in [3.05, 3.63) is 206 Å². The first-order valence-corrected chi connectivity index (χ1v) is 20.1. The van der Waals surface area contributed by atoms with E-state index in [2.05, 4.69) is 215 Å². The SMILES string of the molecule is c1ccc(-n2c3ccccc3c3ccc(-c4ccc5c(c4)c4ccc6ccccc6c4n5-c4cccc(-c5ccc6c(c5)-c5cccc7cccc-6c57)c4)cc32)cc1. The Morgan fingerprint density at radius 3 is 1.78 bits per heavy atom. The van der Waals surface area contributed by atoms with Crippen LogP contribution in [0.2, 0.25) is 0 Å². The molecule has 1 aliphatic carbocycles. The molecule has 0 unspecified atom stereocenters. The summed E-state index contributed by atoms with van der Waals surface area (Å²) in [7, 11) is 0. The monoisotopic (exact) mass is 734 g/mol. The molecule has 2 heteroatoms. The topological polar surface area (TPSA) is 9.86 Å². The van der Waals surface area contributed by atoms with Crippen LogP contribution in [0.1, 0.15) is 0 Å². The Hall–Kier alpha value is -7.68. The molecule has 268 valence electrons. The Morgan fingerprint density at radius 2 is 0.879 bits per heavy atom. The van der Waals surface area contributed by atoms with Crippen LogP contribution in [-0.2, 0) is 0 Å². The zero-order chi connectivity index (χ0) is 37.9. The van der Waals surface area contributed by atoms with Gasteiger partial charge in [-0.25, -0.2) is 0 Å². The minimum absolute atomic E-state index is 1.15. The molecular weight excluding hydrogens is 701 g/mol. The van der Waals surface area contributed by atoms with Crippen molar-refractivity contribution in [1.82, 2.24) is 9.13 Å². The Morgan fingerprint density at radius 1 is 0.259 bits per heavy atom. The number of fused-ring (bicyclic) bond motifs is 11. The summed E-state index contributed by atoms with van der Waals surface area (Å²) in [6.45, 7) is 0. The average Bonchev–Trinajstić information content (AvgIpc) is 3.93. The van der Waals surface area contributed by atoms with Crippen molar-refractivity contribution in [3.8, 4) is 55.9 Å². The number of para-hydroxylation sites is 2. The van der Waals surface area contributed by atoms with Crippen LogP contribution in [0.5, 0.6) is 0 Å². The van der Waals surface area contributed by atoms with Gasteiger partial charge in [0, 0.05) is 38.3 Å². The number of rotatable bonds is 4. The van der Waals surface area contributed by atoms with Gasteiger partial charge in [-0.05, 0) is 115 Å². The zero-order valence-electron chi connectivity index (χ0n) is 31.5. The van der Waals surface area contributed by atoms with Crippen molar-refractivity contribution in [2.75, 3.05) is 0 Å². The molecule has 0 bridgehead atoms. The number of nitrogens with zero attached hydrogens (tertiary/aromatic N) is 2. The van der Waals surface area contributed by atoms with E-state index in [9.17, 15) is 0 Å². The minimum atomic E-state index is 1.15. The lowest BCUT2D eigenvalue weighted by atomic mass is 9.97. The number of hydrogen-bond acceptors (Lipinski definition) is 0. The van der Waals surface area contributed by atoms with Crippen LogP contribution in [0, 0.1) is 0 Å². The maximum absolute atomic E-state index is 2.49. The van der Waals surface area contributed by atoms with Gasteiger partial charge in [0.15, 0.2) is 0 Å². The largest absolute Gasteiger partial charge is 0.309 e. The molecule has 0 saturated carbocycles. The van der Waals surface area contributed by atoms with Crippen molar-refractivity contribution in [2.45, 2.75) is 0 Å². The standard InChI is InChI=1S/C56H34N2/c1-2-15-41(16-3-1)57-52-22-7-6-19-45(52)46-28-25-40(34-54(46)57)39-26-30-53-51(33-39)49-29-23-35-11-4-5-18-43(35)56(49)58(53)42-17-8-14-37(31-42)38-24-27-44-47-20-9-12-36-13-10-21-48(55(36)47)50(44)32-38/h1-34H. The number of hydrogen-bond donors (Lipinski definition) is 0. The molecular formula is C56H34N2. The van der Waals surface area contributed by atoms with Gasteiger partial charge in [-0.1, -0.05) is 152 Å². The highest BCUT2D eigenvalue weighted by molar-refractivity contribution is 6.20. The smallest absolute Gasteiger partial charge is 0.0619 e. The van der Waals surface area contributed by atoms with E-state index in [4.69, 9.17) is 0 Å². The molecule has 0 N–H and O–H groups in total. The fourth-order valence-corrected chi connectivity index (χ4v) is 10.0. The highest BCUT2D eigenvalue weighted by atomic mass is 15.0. The van der Waals surface area contributed by atoms with Gasteiger partial charge in [0.25, 0.3) is 0 Å². The quantitative estimate of drug-likeness (QED) is 0.170. The molecule has 1 aliphatic rings. The van der Waals surface area contributed by atoms with Crippen LogP contribution in [0.15, 0.2) is 206 Å². The van der Waals surface area contributed by atoms with E-state index in [-0.39, 0.29) is 0 Å². The second-order valence-corrected chi connectivity index (χ2v) is 15.7. The van der Waals surface area contributed by atoms with E-state index in [0.717, 1.165) is 5.69 Å². The molecule has 0 saturated heterocycles. The fraction of sp³-hybridized carbons (Fsp3) is 0. The van der Waals surface area contributed by atoms with Gasteiger partial charge in [-0.3, -0.25) is 0 Å². The normalized spacial score (nSPS) is 12.1. The molecule has 2 nitrogen and oxygen atoms in total. The number of aromatic nitrogens is 2. The van der Waals surface area contributed by atoms with Gasteiger partial charge in [0.2, 0.25) is 0 Å². The van der Waals surface area contributed by atoms with Crippen LogP contribution in [0.3, 0.4) is 0 Å². The molecule has 10 aromatic carbocycles. The first kappa shape index (κ1) is 31.5. The Labute approximate surface area is 335 Å². The number of benzene rings is 10. The Kier molecular flexibility index (Phi) is 6.47. The maximum Gasteiger partial charge on any atom is 0.0619 e. The van der Waals surface area contributed by atoms with Crippen LogP contribution in [0.25, 0.3) is 121 Å². The highest BCUT2D eigenvalue weighted by Gasteiger charge is 2.22. The molecule has 13 rings (SSSR count). The van der Waals surface area contributed by atoms with E-state index in [0.29, 0.717) is 0 Å². The van der Waals surface area contributed by atoms with Crippen molar-refractivity contribution in [1.29, 1.82) is 0 Å². The molecule has 2 aromatic heterocycles. The van der Waals surface area contributed by atoms with Crippen LogP contribution in [-0.4, -0.2) is 9.13 Å². The van der Waals surface area contributed by atoms with E-state index < -0.39 is 0 Å². The van der Waals surface area contributed by atoms with Crippen LogP contribution < -0.4 is 0 Å². The lowest BCUT2D eigenvalue weighted by Gasteiger charge is -2.13. The molecule has 0 fully saturated rings. The Bertz CT molecular complexity index is 3670. The fourth-order valence-electron chi connectivity index (χ4n) is 10.0. The second kappa shape index (κ2) is 11.9. The summed E-state index contributed by atoms with van der Waals surface area (Å²) < 4.78 is 4.89. The van der Waals surface area contributed by atoms with Gasteiger partial charge in [0.05, 0.1) is 22.1 Å². The molecule has 12 aromatic rings. The Balaban J connectivity index is 0.997. The summed E-state index contributed by atoms with van der Waals surface area (Å²) in [5, 5.41) is 10.2. The molecule has 0 aliphatic heterocycles. The highest BCUT2D eigenvalue weighted by Crippen LogP contribution is 2.48. The third-order valence-corrected chi connectivity index (χ3v) is 12.6. The summed E-state index contributed by atoms with van der Waals surface area (Å²) in [4.78, 5) is 0. The molecule has 0 radical (unpaired) electrons. The summed E-state index contributed by atoms with van der Waals surface area (Å²) in [6.07, 6.45) is 0. The second-order valence-electron chi connectivity index (χ2n) is 15.7. The first-order chi connectivity index (χ1) is 28.8. The lowest BCUT2D eigenvalue weighted by Crippen LogP contribution is -1.95. The molecule has 0 amide bonds. The van der Waals surface area contributed by atoms with Crippen molar-refractivity contribution in [3.63, 3.8) is 0 Å². The average molecular weight is 735 g/mol. The lowest BCUT2D eigenvalue weighted by molar-refractivity contribution is 1.18. The summed E-state index contributed by atoms with van der Waals surface area (Å²) in [5.41, 5.74) is 17.3. The van der Waals surface area contributed by atoms with Gasteiger partial charge >= 0.3 is 0 Å². The third-order valence-electron chi connectivity index (χ3n) is 12.6. The third kappa shape index (κ3) is 4.43. The predicted molar refractivity (Wildman–Crippen MR) is 245 cm³/mol. The molecule has 0 atom stereocenters. The van der Waals surface area contributed by atoms with Crippen molar-refractivity contribution >= 4 is 65.2 Å². The van der Waals surface area contributed by atoms with Crippen molar-refractivity contribution in [2.24, 2.45) is 0 Å². The van der Waals surface area contributed by atoms with Gasteiger partial charge < -0.3 is 9.13 Å². The van der Waals surface area contributed by atoms with E-state index in [1.165, 1.54) is 115 Å².